The zero-order valence-corrected chi connectivity index (χ0v) is 17.1. The van der Waals surface area contributed by atoms with Gasteiger partial charge in [-0.1, -0.05) is 30.3 Å². The van der Waals surface area contributed by atoms with E-state index in [0.29, 0.717) is 32.7 Å². The SMILES string of the molecule is CCN(CC)C(=O)CN1CCN(C(=O)C(N)c2ccccc2)CC1.Cl.Cl. The number of hydrogen-bond acceptors (Lipinski definition) is 4. The molecule has 1 heterocycles. The molecule has 6 nitrogen and oxygen atoms in total. The molecule has 8 heteroatoms. The van der Waals surface area contributed by atoms with Crippen LogP contribution in [0.4, 0.5) is 0 Å². The second-order valence-corrected chi connectivity index (χ2v) is 6.06. The molecule has 0 radical (unpaired) electrons. The first-order valence-corrected chi connectivity index (χ1v) is 8.66. The number of amides is 2. The van der Waals surface area contributed by atoms with Crippen molar-refractivity contribution in [2.24, 2.45) is 5.73 Å². The first-order chi connectivity index (χ1) is 11.6. The maximum atomic E-state index is 12.5. The largest absolute Gasteiger partial charge is 0.342 e. The number of nitrogens with two attached hydrogens (primary N) is 1. The minimum absolute atomic E-state index is 0. The molecule has 1 aromatic rings. The Hall–Kier alpha value is -1.34. The molecule has 148 valence electrons. The standard InChI is InChI=1S/C18H28N4O2.2ClH/c1-3-21(4-2)16(23)14-20-10-12-22(13-11-20)18(24)17(19)15-8-6-5-7-9-15;;/h5-9,17H,3-4,10-14,19H2,1-2H3;2*1H. The zero-order valence-electron chi connectivity index (χ0n) is 15.5. The fourth-order valence-electron chi connectivity index (χ4n) is 2.99. The molecule has 0 aliphatic carbocycles. The molecular weight excluding hydrogens is 375 g/mol. The van der Waals surface area contributed by atoms with Gasteiger partial charge in [0.2, 0.25) is 11.8 Å². The first kappa shape index (κ1) is 24.7. The van der Waals surface area contributed by atoms with Crippen LogP contribution in [0.5, 0.6) is 0 Å². The van der Waals surface area contributed by atoms with Gasteiger partial charge in [-0.05, 0) is 19.4 Å². The van der Waals surface area contributed by atoms with E-state index in [2.05, 4.69) is 4.90 Å². The number of likely N-dealkylation sites (N-methyl/N-ethyl adjacent to an activating group) is 1. The molecule has 26 heavy (non-hydrogen) atoms. The van der Waals surface area contributed by atoms with E-state index in [1.807, 2.05) is 49.1 Å². The molecule has 1 fully saturated rings. The van der Waals surface area contributed by atoms with E-state index in [9.17, 15) is 9.59 Å². The van der Waals surface area contributed by atoms with Gasteiger partial charge in [-0.2, -0.15) is 0 Å². The summed E-state index contributed by atoms with van der Waals surface area (Å²) in [5.41, 5.74) is 6.93. The molecule has 0 bridgehead atoms. The van der Waals surface area contributed by atoms with Crippen molar-refractivity contribution in [3.05, 3.63) is 35.9 Å². The van der Waals surface area contributed by atoms with Gasteiger partial charge in [-0.15, -0.1) is 24.8 Å². The molecule has 2 N–H and O–H groups in total. The van der Waals surface area contributed by atoms with Gasteiger partial charge in [-0.25, -0.2) is 0 Å². The van der Waals surface area contributed by atoms with Crippen LogP contribution in [0.15, 0.2) is 30.3 Å². The molecule has 0 saturated carbocycles. The van der Waals surface area contributed by atoms with Crippen LogP contribution in [0.25, 0.3) is 0 Å². The molecule has 0 spiro atoms. The lowest BCUT2D eigenvalue weighted by molar-refractivity contribution is -0.136. The van der Waals surface area contributed by atoms with Crippen LogP contribution in [0.1, 0.15) is 25.5 Å². The topological polar surface area (TPSA) is 69.9 Å². The molecule has 1 atom stereocenters. The fourth-order valence-corrected chi connectivity index (χ4v) is 2.99. The van der Waals surface area contributed by atoms with Gasteiger partial charge in [0.25, 0.3) is 0 Å². The number of benzene rings is 1. The Balaban J connectivity index is 0.00000312. The third-order valence-corrected chi connectivity index (χ3v) is 4.58. The van der Waals surface area contributed by atoms with Crippen molar-refractivity contribution in [2.75, 3.05) is 45.8 Å². The van der Waals surface area contributed by atoms with Crippen LogP contribution >= 0.6 is 24.8 Å². The van der Waals surface area contributed by atoms with Gasteiger partial charge >= 0.3 is 0 Å². The summed E-state index contributed by atoms with van der Waals surface area (Å²) in [5.74, 6) is 0.108. The molecule has 1 unspecified atom stereocenters. The number of carbonyl (C=O) groups excluding carboxylic acids is 2. The third kappa shape index (κ3) is 6.43. The minimum atomic E-state index is -0.616. The average molecular weight is 405 g/mol. The van der Waals surface area contributed by atoms with Gasteiger partial charge in [0.1, 0.15) is 6.04 Å². The summed E-state index contributed by atoms with van der Waals surface area (Å²) in [6, 6.07) is 8.82. The highest BCUT2D eigenvalue weighted by molar-refractivity contribution is 5.85. The highest BCUT2D eigenvalue weighted by Gasteiger charge is 2.27. The van der Waals surface area contributed by atoms with Crippen LogP contribution in [0, 0.1) is 0 Å². The Kier molecular flexibility index (Phi) is 11.5. The van der Waals surface area contributed by atoms with E-state index in [4.69, 9.17) is 5.73 Å². The molecule has 2 rings (SSSR count). The monoisotopic (exact) mass is 404 g/mol. The van der Waals surface area contributed by atoms with Gasteiger partial charge in [-0.3, -0.25) is 14.5 Å². The van der Waals surface area contributed by atoms with E-state index in [1.54, 1.807) is 4.90 Å². The number of carbonyl (C=O) groups is 2. The molecule has 1 aliphatic rings. The maximum absolute atomic E-state index is 12.5. The third-order valence-electron chi connectivity index (χ3n) is 4.58. The van der Waals surface area contributed by atoms with E-state index in [-0.39, 0.29) is 36.6 Å². The van der Waals surface area contributed by atoms with Crippen LogP contribution in [-0.2, 0) is 9.59 Å². The number of halogens is 2. The summed E-state index contributed by atoms with van der Waals surface area (Å²) in [4.78, 5) is 30.4. The fraction of sp³-hybridized carbons (Fsp3) is 0.556. The highest BCUT2D eigenvalue weighted by Crippen LogP contribution is 2.14. The molecule has 1 saturated heterocycles. The lowest BCUT2D eigenvalue weighted by Gasteiger charge is -2.36. The Bertz CT molecular complexity index is 547. The van der Waals surface area contributed by atoms with Crippen LogP contribution < -0.4 is 5.73 Å². The molecule has 1 aliphatic heterocycles. The Morgan fingerprint density at radius 3 is 2.08 bits per heavy atom. The van der Waals surface area contributed by atoms with Gasteiger partial charge in [0, 0.05) is 39.3 Å². The number of piperazine rings is 1. The summed E-state index contributed by atoms with van der Waals surface area (Å²) in [5, 5.41) is 0. The summed E-state index contributed by atoms with van der Waals surface area (Å²) >= 11 is 0. The maximum Gasteiger partial charge on any atom is 0.244 e. The Morgan fingerprint density at radius 2 is 1.58 bits per heavy atom. The van der Waals surface area contributed by atoms with E-state index >= 15 is 0 Å². The highest BCUT2D eigenvalue weighted by atomic mass is 35.5. The minimum Gasteiger partial charge on any atom is -0.342 e. The van der Waals surface area contributed by atoms with Crippen molar-refractivity contribution in [1.29, 1.82) is 0 Å². The van der Waals surface area contributed by atoms with Gasteiger partial charge in [0.05, 0.1) is 6.54 Å². The molecule has 1 aromatic carbocycles. The summed E-state index contributed by atoms with van der Waals surface area (Å²) in [7, 11) is 0. The Morgan fingerprint density at radius 1 is 1.04 bits per heavy atom. The summed E-state index contributed by atoms with van der Waals surface area (Å²) in [6.45, 7) is 8.52. The van der Waals surface area contributed by atoms with E-state index in [1.165, 1.54) is 0 Å². The second-order valence-electron chi connectivity index (χ2n) is 6.06. The van der Waals surface area contributed by atoms with Crippen molar-refractivity contribution in [2.45, 2.75) is 19.9 Å². The Labute approximate surface area is 168 Å². The molecule has 2 amide bonds. The molecule has 0 aromatic heterocycles. The lowest BCUT2D eigenvalue weighted by Crippen LogP contribution is -2.53. The smallest absolute Gasteiger partial charge is 0.244 e. The predicted molar refractivity (Wildman–Crippen MR) is 109 cm³/mol. The van der Waals surface area contributed by atoms with Crippen molar-refractivity contribution < 1.29 is 9.59 Å². The summed E-state index contributed by atoms with van der Waals surface area (Å²) in [6.07, 6.45) is 0. The van der Waals surface area contributed by atoms with Crippen molar-refractivity contribution in [1.82, 2.24) is 14.7 Å². The lowest BCUT2D eigenvalue weighted by atomic mass is 10.1. The molecular formula is C18H30Cl2N4O2. The van der Waals surface area contributed by atoms with Crippen molar-refractivity contribution >= 4 is 36.6 Å². The van der Waals surface area contributed by atoms with E-state index in [0.717, 1.165) is 18.7 Å². The number of hydrogen-bond donors (Lipinski definition) is 1. The average Bonchev–Trinajstić information content (AvgIpc) is 2.63. The quantitative estimate of drug-likeness (QED) is 0.780. The van der Waals surface area contributed by atoms with Crippen LogP contribution in [-0.4, -0.2) is 72.3 Å². The second kappa shape index (κ2) is 12.1. The predicted octanol–water partition coefficient (Wildman–Crippen LogP) is 1.54. The first-order valence-electron chi connectivity index (χ1n) is 8.66. The van der Waals surface area contributed by atoms with E-state index < -0.39 is 6.04 Å². The van der Waals surface area contributed by atoms with Crippen molar-refractivity contribution in [3.8, 4) is 0 Å². The zero-order chi connectivity index (χ0) is 17.5. The van der Waals surface area contributed by atoms with Gasteiger partial charge in [0.15, 0.2) is 0 Å². The number of nitrogens with zero attached hydrogens (tertiary/aromatic N) is 3. The van der Waals surface area contributed by atoms with Gasteiger partial charge < -0.3 is 15.5 Å². The van der Waals surface area contributed by atoms with Crippen molar-refractivity contribution in [3.63, 3.8) is 0 Å². The summed E-state index contributed by atoms with van der Waals surface area (Å²) < 4.78 is 0. The normalized spacial score (nSPS) is 15.4. The van der Waals surface area contributed by atoms with Crippen LogP contribution in [0.3, 0.4) is 0 Å². The number of rotatable bonds is 6. The van der Waals surface area contributed by atoms with Crippen LogP contribution in [0.2, 0.25) is 0 Å².